The lowest BCUT2D eigenvalue weighted by molar-refractivity contribution is -0.139. The van der Waals surface area contributed by atoms with E-state index in [9.17, 15) is 9.59 Å². The third-order valence-electron chi connectivity index (χ3n) is 5.87. The lowest BCUT2D eigenvalue weighted by Crippen LogP contribution is -2.52. The summed E-state index contributed by atoms with van der Waals surface area (Å²) < 4.78 is 5.11. The zero-order valence-electron chi connectivity index (χ0n) is 15.9. The van der Waals surface area contributed by atoms with Crippen molar-refractivity contribution in [3.63, 3.8) is 0 Å². The lowest BCUT2D eigenvalue weighted by atomic mass is 9.72. The molecule has 0 atom stereocenters. The quantitative estimate of drug-likeness (QED) is 0.784. The van der Waals surface area contributed by atoms with E-state index in [-0.39, 0.29) is 17.2 Å². The molecule has 0 aliphatic carbocycles. The second kappa shape index (κ2) is 8.20. The lowest BCUT2D eigenvalue weighted by Gasteiger charge is -2.47. The van der Waals surface area contributed by atoms with Crippen molar-refractivity contribution in [2.45, 2.75) is 45.4 Å². The van der Waals surface area contributed by atoms with E-state index in [1.165, 1.54) is 0 Å². The summed E-state index contributed by atoms with van der Waals surface area (Å²) in [5, 5.41) is 7.06. The molecule has 1 aromatic rings. The third kappa shape index (κ3) is 4.09. The average Bonchev–Trinajstić information content (AvgIpc) is 3.14. The molecular formula is C19H30N4O3. The summed E-state index contributed by atoms with van der Waals surface area (Å²) >= 11 is 0. The molecule has 0 radical (unpaired) electrons. The zero-order chi connectivity index (χ0) is 18.6. The van der Waals surface area contributed by atoms with E-state index in [4.69, 9.17) is 4.74 Å². The molecule has 7 heteroatoms. The molecule has 26 heavy (non-hydrogen) atoms. The predicted molar refractivity (Wildman–Crippen MR) is 97.8 cm³/mol. The normalized spacial score (nSPS) is 20.0. The number of H-pyrrole nitrogens is 1. The maximum absolute atomic E-state index is 12.7. The van der Waals surface area contributed by atoms with Crippen molar-refractivity contribution >= 4 is 11.8 Å². The molecule has 1 spiro atoms. The second-order valence-electron chi connectivity index (χ2n) is 7.59. The van der Waals surface area contributed by atoms with Crippen LogP contribution in [0.2, 0.25) is 0 Å². The highest BCUT2D eigenvalue weighted by Crippen LogP contribution is 2.40. The van der Waals surface area contributed by atoms with Crippen LogP contribution in [0.5, 0.6) is 0 Å². The van der Waals surface area contributed by atoms with Crippen molar-refractivity contribution in [3.8, 4) is 0 Å². The van der Waals surface area contributed by atoms with Crippen molar-refractivity contribution in [1.82, 2.24) is 20.0 Å². The van der Waals surface area contributed by atoms with E-state index < -0.39 is 0 Å². The Kier molecular flexibility index (Phi) is 5.96. The molecule has 3 heterocycles. The number of aromatic amines is 1. The van der Waals surface area contributed by atoms with Gasteiger partial charge >= 0.3 is 0 Å². The molecule has 3 rings (SSSR count). The zero-order valence-corrected chi connectivity index (χ0v) is 15.9. The van der Waals surface area contributed by atoms with Gasteiger partial charge < -0.3 is 14.5 Å². The first kappa shape index (κ1) is 18.9. The fourth-order valence-electron chi connectivity index (χ4n) is 4.11. The number of methoxy groups -OCH3 is 1. The molecular weight excluding hydrogens is 332 g/mol. The van der Waals surface area contributed by atoms with Crippen LogP contribution >= 0.6 is 0 Å². The van der Waals surface area contributed by atoms with Crippen LogP contribution in [0.25, 0.3) is 0 Å². The Morgan fingerprint density at radius 3 is 2.77 bits per heavy atom. The Morgan fingerprint density at radius 1 is 1.35 bits per heavy atom. The SMILES string of the molecule is CCc1cc(C(=O)N2CCC3(CCC(=O)N(CCCOC)C3)CC2)n[nH]1. The first-order valence-electron chi connectivity index (χ1n) is 9.67. The van der Waals surface area contributed by atoms with Gasteiger partial charge in [0.05, 0.1) is 0 Å². The minimum Gasteiger partial charge on any atom is -0.385 e. The number of nitrogens with zero attached hydrogens (tertiary/aromatic N) is 3. The molecule has 2 fully saturated rings. The number of aryl methyl sites for hydroxylation is 1. The van der Waals surface area contributed by atoms with Gasteiger partial charge in [0, 0.05) is 52.0 Å². The maximum atomic E-state index is 12.7. The molecule has 2 amide bonds. The topological polar surface area (TPSA) is 78.5 Å². The van der Waals surface area contributed by atoms with Gasteiger partial charge in [0.2, 0.25) is 5.91 Å². The Labute approximate surface area is 155 Å². The number of nitrogens with one attached hydrogen (secondary N) is 1. The highest BCUT2D eigenvalue weighted by atomic mass is 16.5. The van der Waals surface area contributed by atoms with Crippen LogP contribution in [0.4, 0.5) is 0 Å². The first-order valence-corrected chi connectivity index (χ1v) is 9.67. The van der Waals surface area contributed by atoms with Gasteiger partial charge in [0.15, 0.2) is 0 Å². The average molecular weight is 362 g/mol. The predicted octanol–water partition coefficient (Wildman–Crippen LogP) is 1.85. The molecule has 1 aromatic heterocycles. The number of hydrogen-bond donors (Lipinski definition) is 1. The number of likely N-dealkylation sites (tertiary alicyclic amines) is 2. The molecule has 2 aliphatic heterocycles. The van der Waals surface area contributed by atoms with Crippen LogP contribution < -0.4 is 0 Å². The number of carbonyl (C=O) groups is 2. The Morgan fingerprint density at radius 2 is 2.12 bits per heavy atom. The summed E-state index contributed by atoms with van der Waals surface area (Å²) in [6.45, 7) is 5.79. The fourth-order valence-corrected chi connectivity index (χ4v) is 4.11. The van der Waals surface area contributed by atoms with Crippen molar-refractivity contribution < 1.29 is 14.3 Å². The van der Waals surface area contributed by atoms with E-state index in [1.54, 1.807) is 7.11 Å². The summed E-state index contributed by atoms with van der Waals surface area (Å²) in [6.07, 6.45) is 5.20. The number of amides is 2. The standard InChI is InChI=1S/C19H30N4O3/c1-3-15-13-16(21-20-15)18(25)22-10-7-19(8-11-22)6-5-17(24)23(14-19)9-4-12-26-2/h13H,3-12,14H2,1-2H3,(H,20,21). The van der Waals surface area contributed by atoms with Gasteiger partial charge in [0.1, 0.15) is 5.69 Å². The van der Waals surface area contributed by atoms with E-state index in [1.807, 2.05) is 22.8 Å². The van der Waals surface area contributed by atoms with Crippen LogP contribution in [0.15, 0.2) is 6.07 Å². The molecule has 1 N–H and O–H groups in total. The number of ether oxygens (including phenoxy) is 1. The summed E-state index contributed by atoms with van der Waals surface area (Å²) in [5.74, 6) is 0.272. The summed E-state index contributed by atoms with van der Waals surface area (Å²) in [6, 6.07) is 1.85. The van der Waals surface area contributed by atoms with Crippen LogP contribution in [0.3, 0.4) is 0 Å². The van der Waals surface area contributed by atoms with Gasteiger partial charge in [-0.3, -0.25) is 14.7 Å². The van der Waals surface area contributed by atoms with Crippen molar-refractivity contribution in [1.29, 1.82) is 0 Å². The van der Waals surface area contributed by atoms with E-state index in [2.05, 4.69) is 10.2 Å². The number of carbonyl (C=O) groups excluding carboxylic acids is 2. The number of hydrogen-bond acceptors (Lipinski definition) is 4. The van der Waals surface area contributed by atoms with Crippen LogP contribution in [0, 0.1) is 5.41 Å². The Hall–Kier alpha value is -1.89. The molecule has 0 saturated carbocycles. The highest BCUT2D eigenvalue weighted by Gasteiger charge is 2.41. The van der Waals surface area contributed by atoms with Crippen molar-refractivity contribution in [2.24, 2.45) is 5.41 Å². The van der Waals surface area contributed by atoms with Crippen molar-refractivity contribution in [3.05, 3.63) is 17.5 Å². The van der Waals surface area contributed by atoms with Gasteiger partial charge in [-0.15, -0.1) is 0 Å². The monoisotopic (exact) mass is 362 g/mol. The molecule has 2 saturated heterocycles. The van der Waals surface area contributed by atoms with Gasteiger partial charge in [-0.05, 0) is 43.6 Å². The molecule has 7 nitrogen and oxygen atoms in total. The van der Waals surface area contributed by atoms with E-state index >= 15 is 0 Å². The van der Waals surface area contributed by atoms with Gasteiger partial charge in [0.25, 0.3) is 5.91 Å². The van der Waals surface area contributed by atoms with Crippen molar-refractivity contribution in [2.75, 3.05) is 39.9 Å². The summed E-state index contributed by atoms with van der Waals surface area (Å²) in [5.41, 5.74) is 1.66. The van der Waals surface area contributed by atoms with E-state index in [0.717, 1.165) is 64.0 Å². The minimum atomic E-state index is 0.0136. The number of aromatic nitrogens is 2. The summed E-state index contributed by atoms with van der Waals surface area (Å²) in [4.78, 5) is 28.8. The number of piperidine rings is 2. The van der Waals surface area contributed by atoms with Gasteiger partial charge in [-0.25, -0.2) is 0 Å². The molecule has 0 bridgehead atoms. The minimum absolute atomic E-state index is 0.0136. The maximum Gasteiger partial charge on any atom is 0.274 e. The summed E-state index contributed by atoms with van der Waals surface area (Å²) in [7, 11) is 1.69. The smallest absolute Gasteiger partial charge is 0.274 e. The Bertz CT molecular complexity index is 634. The van der Waals surface area contributed by atoms with Crippen LogP contribution in [0.1, 0.15) is 55.2 Å². The molecule has 2 aliphatic rings. The van der Waals surface area contributed by atoms with Gasteiger partial charge in [-0.1, -0.05) is 6.92 Å². The molecule has 0 aromatic carbocycles. The second-order valence-corrected chi connectivity index (χ2v) is 7.59. The third-order valence-corrected chi connectivity index (χ3v) is 5.87. The largest absolute Gasteiger partial charge is 0.385 e. The van der Waals surface area contributed by atoms with E-state index in [0.29, 0.717) is 18.7 Å². The first-order chi connectivity index (χ1) is 12.6. The van der Waals surface area contributed by atoms with Crippen LogP contribution in [-0.2, 0) is 16.0 Å². The molecule has 0 unspecified atom stereocenters. The number of rotatable bonds is 6. The fraction of sp³-hybridized carbons (Fsp3) is 0.737. The van der Waals surface area contributed by atoms with Gasteiger partial charge in [-0.2, -0.15) is 5.10 Å². The molecule has 144 valence electrons. The van der Waals surface area contributed by atoms with Crippen LogP contribution in [-0.4, -0.2) is 71.7 Å². The Balaban J connectivity index is 1.56. The highest BCUT2D eigenvalue weighted by molar-refractivity contribution is 5.92.